The SMILES string of the molecule is COCCN(C)S(=O)(=O)c1cccc(CN)c1C. The maximum absolute atomic E-state index is 12.4. The molecule has 1 aromatic rings. The molecule has 0 aliphatic rings. The van der Waals surface area contributed by atoms with Gasteiger partial charge >= 0.3 is 0 Å². The zero-order valence-electron chi connectivity index (χ0n) is 11.0. The molecular weight excluding hydrogens is 252 g/mol. The van der Waals surface area contributed by atoms with Crippen molar-refractivity contribution in [2.45, 2.75) is 18.4 Å². The minimum Gasteiger partial charge on any atom is -0.383 e. The highest BCUT2D eigenvalue weighted by atomic mass is 32.2. The van der Waals surface area contributed by atoms with Gasteiger partial charge in [-0.2, -0.15) is 4.31 Å². The lowest BCUT2D eigenvalue weighted by atomic mass is 10.1. The lowest BCUT2D eigenvalue weighted by Gasteiger charge is -2.19. The van der Waals surface area contributed by atoms with Gasteiger partial charge < -0.3 is 10.5 Å². The first kappa shape index (κ1) is 15.1. The summed E-state index contributed by atoms with van der Waals surface area (Å²) in [6.45, 7) is 2.80. The Bertz CT molecular complexity index is 500. The normalized spacial score (nSPS) is 12.1. The van der Waals surface area contributed by atoms with E-state index < -0.39 is 10.0 Å². The van der Waals surface area contributed by atoms with Gasteiger partial charge in [-0.3, -0.25) is 0 Å². The second-order valence-corrected chi connectivity index (χ2v) is 6.08. The molecule has 1 aromatic carbocycles. The minimum atomic E-state index is -3.48. The van der Waals surface area contributed by atoms with Crippen LogP contribution < -0.4 is 5.73 Å². The lowest BCUT2D eigenvalue weighted by Crippen LogP contribution is -2.30. The topological polar surface area (TPSA) is 72.6 Å². The molecular formula is C12H20N2O3S. The number of hydrogen-bond acceptors (Lipinski definition) is 4. The number of benzene rings is 1. The van der Waals surface area contributed by atoms with Crippen LogP contribution in [-0.4, -0.2) is 40.0 Å². The molecule has 6 heteroatoms. The second-order valence-electron chi connectivity index (χ2n) is 4.06. The van der Waals surface area contributed by atoms with Crippen LogP contribution in [0.25, 0.3) is 0 Å². The predicted octanol–water partition coefficient (Wildman–Crippen LogP) is 0.721. The van der Waals surface area contributed by atoms with E-state index in [0.717, 1.165) is 5.56 Å². The molecule has 2 N–H and O–H groups in total. The van der Waals surface area contributed by atoms with E-state index in [0.29, 0.717) is 30.2 Å². The molecule has 0 saturated heterocycles. The number of nitrogens with two attached hydrogens (primary N) is 1. The first-order valence-corrected chi connectivity index (χ1v) is 7.13. The summed E-state index contributed by atoms with van der Waals surface area (Å²) in [5.41, 5.74) is 7.15. The molecule has 0 radical (unpaired) electrons. The molecule has 0 heterocycles. The average molecular weight is 272 g/mol. The van der Waals surface area contributed by atoms with Gasteiger partial charge in [0.05, 0.1) is 11.5 Å². The minimum absolute atomic E-state index is 0.309. The van der Waals surface area contributed by atoms with Crippen LogP contribution in [0, 0.1) is 6.92 Å². The number of likely N-dealkylation sites (N-methyl/N-ethyl adjacent to an activating group) is 1. The van der Waals surface area contributed by atoms with Crippen LogP contribution in [0.5, 0.6) is 0 Å². The summed E-state index contributed by atoms with van der Waals surface area (Å²) in [5.74, 6) is 0. The van der Waals surface area contributed by atoms with Crippen molar-refractivity contribution >= 4 is 10.0 Å². The van der Waals surface area contributed by atoms with Gasteiger partial charge in [-0.05, 0) is 24.1 Å². The Labute approximate surface area is 109 Å². The van der Waals surface area contributed by atoms with E-state index in [2.05, 4.69) is 0 Å². The maximum Gasteiger partial charge on any atom is 0.243 e. The van der Waals surface area contributed by atoms with Crippen LogP contribution in [-0.2, 0) is 21.3 Å². The Kier molecular flexibility index (Phi) is 5.28. The molecule has 0 amide bonds. The third-order valence-corrected chi connectivity index (χ3v) is 4.92. The molecule has 0 saturated carbocycles. The zero-order valence-corrected chi connectivity index (χ0v) is 11.8. The predicted molar refractivity (Wildman–Crippen MR) is 70.8 cm³/mol. The molecule has 18 heavy (non-hydrogen) atoms. The quantitative estimate of drug-likeness (QED) is 0.828. The van der Waals surface area contributed by atoms with Crippen molar-refractivity contribution in [2.75, 3.05) is 27.3 Å². The van der Waals surface area contributed by atoms with E-state index >= 15 is 0 Å². The van der Waals surface area contributed by atoms with Crippen molar-refractivity contribution in [2.24, 2.45) is 5.73 Å². The van der Waals surface area contributed by atoms with Crippen molar-refractivity contribution in [1.82, 2.24) is 4.31 Å². The third kappa shape index (κ3) is 3.08. The van der Waals surface area contributed by atoms with Crippen molar-refractivity contribution in [3.63, 3.8) is 0 Å². The lowest BCUT2D eigenvalue weighted by molar-refractivity contribution is 0.185. The molecule has 0 aliphatic heterocycles. The summed E-state index contributed by atoms with van der Waals surface area (Å²) in [6, 6.07) is 5.16. The monoisotopic (exact) mass is 272 g/mol. The maximum atomic E-state index is 12.4. The van der Waals surface area contributed by atoms with E-state index in [1.807, 2.05) is 6.07 Å². The molecule has 5 nitrogen and oxygen atoms in total. The van der Waals surface area contributed by atoms with Crippen molar-refractivity contribution in [1.29, 1.82) is 0 Å². The number of ether oxygens (including phenoxy) is 1. The highest BCUT2D eigenvalue weighted by Crippen LogP contribution is 2.21. The molecule has 1 rings (SSSR count). The van der Waals surface area contributed by atoms with Crippen molar-refractivity contribution in [3.05, 3.63) is 29.3 Å². The number of hydrogen-bond donors (Lipinski definition) is 1. The molecule has 0 atom stereocenters. The van der Waals surface area contributed by atoms with Crippen LogP contribution in [0.3, 0.4) is 0 Å². The number of nitrogens with zero attached hydrogens (tertiary/aromatic N) is 1. The average Bonchev–Trinajstić information content (AvgIpc) is 2.35. The first-order chi connectivity index (χ1) is 8.45. The Hall–Kier alpha value is -0.950. The number of rotatable bonds is 6. The molecule has 0 fully saturated rings. The molecule has 0 aliphatic carbocycles. The Balaban J connectivity index is 3.12. The fourth-order valence-corrected chi connectivity index (χ4v) is 3.09. The number of sulfonamides is 1. The van der Waals surface area contributed by atoms with Gasteiger partial charge in [0.25, 0.3) is 0 Å². The third-order valence-electron chi connectivity index (χ3n) is 2.91. The molecule has 0 spiro atoms. The Morgan fingerprint density at radius 3 is 2.61 bits per heavy atom. The number of methoxy groups -OCH3 is 1. The van der Waals surface area contributed by atoms with Crippen LogP contribution in [0.2, 0.25) is 0 Å². The highest BCUT2D eigenvalue weighted by molar-refractivity contribution is 7.89. The standard InChI is InChI=1S/C12H20N2O3S/c1-10-11(9-13)5-4-6-12(10)18(15,16)14(2)7-8-17-3/h4-6H,7-9,13H2,1-3H3. The fourth-order valence-electron chi connectivity index (χ4n) is 1.67. The molecule has 0 bridgehead atoms. The summed E-state index contributed by atoms with van der Waals surface area (Å²) < 4.78 is 30.9. The zero-order chi connectivity index (χ0) is 13.8. The Morgan fingerprint density at radius 1 is 1.39 bits per heavy atom. The summed E-state index contributed by atoms with van der Waals surface area (Å²) in [5, 5.41) is 0. The van der Waals surface area contributed by atoms with Crippen molar-refractivity contribution < 1.29 is 13.2 Å². The van der Waals surface area contributed by atoms with Gasteiger partial charge in [0.2, 0.25) is 10.0 Å². The van der Waals surface area contributed by atoms with Gasteiger partial charge in [0.1, 0.15) is 0 Å². The van der Waals surface area contributed by atoms with E-state index in [-0.39, 0.29) is 0 Å². The summed E-state index contributed by atoms with van der Waals surface area (Å²) in [7, 11) is -0.390. The molecule has 102 valence electrons. The molecule has 0 unspecified atom stereocenters. The first-order valence-electron chi connectivity index (χ1n) is 5.69. The largest absolute Gasteiger partial charge is 0.383 e. The molecule has 0 aromatic heterocycles. The van der Waals surface area contributed by atoms with Gasteiger partial charge in [0.15, 0.2) is 0 Å². The van der Waals surface area contributed by atoms with E-state index in [9.17, 15) is 8.42 Å². The highest BCUT2D eigenvalue weighted by Gasteiger charge is 2.23. The fraction of sp³-hybridized carbons (Fsp3) is 0.500. The van der Waals surface area contributed by atoms with E-state index in [4.69, 9.17) is 10.5 Å². The Morgan fingerprint density at radius 2 is 2.06 bits per heavy atom. The van der Waals surface area contributed by atoms with Gasteiger partial charge in [-0.15, -0.1) is 0 Å². The van der Waals surface area contributed by atoms with Gasteiger partial charge in [-0.1, -0.05) is 12.1 Å². The second kappa shape index (κ2) is 6.29. The van der Waals surface area contributed by atoms with Crippen LogP contribution in [0.4, 0.5) is 0 Å². The van der Waals surface area contributed by atoms with Crippen LogP contribution >= 0.6 is 0 Å². The van der Waals surface area contributed by atoms with E-state index in [1.54, 1.807) is 33.2 Å². The van der Waals surface area contributed by atoms with Crippen LogP contribution in [0.1, 0.15) is 11.1 Å². The summed E-state index contributed by atoms with van der Waals surface area (Å²) in [4.78, 5) is 0.309. The van der Waals surface area contributed by atoms with Crippen molar-refractivity contribution in [3.8, 4) is 0 Å². The van der Waals surface area contributed by atoms with Gasteiger partial charge in [0, 0.05) is 27.2 Å². The van der Waals surface area contributed by atoms with Gasteiger partial charge in [-0.25, -0.2) is 8.42 Å². The van der Waals surface area contributed by atoms with E-state index in [1.165, 1.54) is 4.31 Å². The summed E-state index contributed by atoms with van der Waals surface area (Å²) >= 11 is 0. The smallest absolute Gasteiger partial charge is 0.243 e. The summed E-state index contributed by atoms with van der Waals surface area (Å²) in [6.07, 6.45) is 0. The van der Waals surface area contributed by atoms with Crippen LogP contribution in [0.15, 0.2) is 23.1 Å².